The zero-order chi connectivity index (χ0) is 26.9. The standard InChI is InChI=1S/C31H34N2O4/c1-7-32(8-2)23-14-12-22(13-15-23)28-27(29(34)24-17-19(3)10-16-26(24)37-6)30(35)31(36)33(28)25-18-20(4)9-11-21(25)5/h9-18,28,34H,7-8H2,1-6H3/b29-27+. The highest BCUT2D eigenvalue weighted by Gasteiger charge is 2.47. The summed E-state index contributed by atoms with van der Waals surface area (Å²) in [6.07, 6.45) is 0. The fourth-order valence-electron chi connectivity index (χ4n) is 4.98. The average molecular weight is 499 g/mol. The van der Waals surface area contributed by atoms with E-state index in [1.54, 1.807) is 12.1 Å². The SMILES string of the molecule is CCN(CC)c1ccc(C2/C(=C(\O)c3cc(C)ccc3OC)C(=O)C(=O)N2c2cc(C)ccc2C)cc1. The summed E-state index contributed by atoms with van der Waals surface area (Å²) in [7, 11) is 1.51. The first-order valence-electron chi connectivity index (χ1n) is 12.6. The second-order valence-electron chi connectivity index (χ2n) is 9.43. The predicted molar refractivity (Wildman–Crippen MR) is 148 cm³/mol. The largest absolute Gasteiger partial charge is 0.507 e. The lowest BCUT2D eigenvalue weighted by atomic mass is 9.94. The molecule has 192 valence electrons. The topological polar surface area (TPSA) is 70.1 Å². The first kappa shape index (κ1) is 26.0. The van der Waals surface area contributed by atoms with Crippen molar-refractivity contribution in [3.05, 3.63) is 94.1 Å². The number of aryl methyl sites for hydroxylation is 3. The molecule has 1 amide bonds. The second kappa shape index (κ2) is 10.5. The molecule has 0 bridgehead atoms. The van der Waals surface area contributed by atoms with Crippen LogP contribution in [0.2, 0.25) is 0 Å². The van der Waals surface area contributed by atoms with Crippen molar-refractivity contribution in [3.63, 3.8) is 0 Å². The van der Waals surface area contributed by atoms with Gasteiger partial charge >= 0.3 is 0 Å². The molecular weight excluding hydrogens is 464 g/mol. The van der Waals surface area contributed by atoms with Crippen molar-refractivity contribution < 1.29 is 19.4 Å². The van der Waals surface area contributed by atoms with Crippen LogP contribution in [0.3, 0.4) is 0 Å². The van der Waals surface area contributed by atoms with E-state index in [-0.39, 0.29) is 11.3 Å². The quantitative estimate of drug-likeness (QED) is 0.242. The highest BCUT2D eigenvalue weighted by Crippen LogP contribution is 2.44. The van der Waals surface area contributed by atoms with Gasteiger partial charge in [-0.3, -0.25) is 14.5 Å². The van der Waals surface area contributed by atoms with Crippen molar-refractivity contribution >= 4 is 28.8 Å². The number of hydrogen-bond donors (Lipinski definition) is 1. The molecule has 1 aliphatic heterocycles. The molecular formula is C31H34N2O4. The summed E-state index contributed by atoms with van der Waals surface area (Å²) in [5, 5.41) is 11.6. The summed E-state index contributed by atoms with van der Waals surface area (Å²) >= 11 is 0. The van der Waals surface area contributed by atoms with Gasteiger partial charge in [0.05, 0.1) is 24.3 Å². The van der Waals surface area contributed by atoms with Crippen LogP contribution in [0.25, 0.3) is 5.76 Å². The van der Waals surface area contributed by atoms with Crippen LogP contribution in [0.5, 0.6) is 5.75 Å². The molecule has 1 fully saturated rings. The molecule has 37 heavy (non-hydrogen) atoms. The molecule has 0 aromatic heterocycles. The molecule has 1 unspecified atom stereocenters. The third kappa shape index (κ3) is 4.71. The van der Waals surface area contributed by atoms with Crippen molar-refractivity contribution in [2.45, 2.75) is 40.7 Å². The van der Waals surface area contributed by atoms with Gasteiger partial charge in [-0.25, -0.2) is 0 Å². The number of carbonyl (C=O) groups is 2. The molecule has 1 heterocycles. The van der Waals surface area contributed by atoms with Gasteiger partial charge in [0.2, 0.25) is 0 Å². The van der Waals surface area contributed by atoms with E-state index >= 15 is 0 Å². The first-order valence-corrected chi connectivity index (χ1v) is 12.6. The number of nitrogens with zero attached hydrogens (tertiary/aromatic N) is 2. The van der Waals surface area contributed by atoms with Gasteiger partial charge < -0.3 is 14.7 Å². The Hall–Kier alpha value is -4.06. The van der Waals surface area contributed by atoms with Gasteiger partial charge in [-0.05, 0) is 81.6 Å². The highest BCUT2D eigenvalue weighted by molar-refractivity contribution is 6.51. The molecule has 1 aliphatic rings. The van der Waals surface area contributed by atoms with Crippen molar-refractivity contribution in [3.8, 4) is 5.75 Å². The molecule has 0 saturated carbocycles. The molecule has 0 spiro atoms. The number of ether oxygens (including phenoxy) is 1. The van der Waals surface area contributed by atoms with Crippen LogP contribution >= 0.6 is 0 Å². The van der Waals surface area contributed by atoms with E-state index in [1.165, 1.54) is 12.0 Å². The van der Waals surface area contributed by atoms with Crippen LogP contribution in [0.15, 0.2) is 66.2 Å². The van der Waals surface area contributed by atoms with Crippen molar-refractivity contribution in [2.24, 2.45) is 0 Å². The number of aliphatic hydroxyl groups excluding tert-OH is 1. The molecule has 3 aromatic carbocycles. The molecule has 1 atom stereocenters. The predicted octanol–water partition coefficient (Wildman–Crippen LogP) is 6.09. The molecule has 1 saturated heterocycles. The Bertz CT molecular complexity index is 1370. The van der Waals surface area contributed by atoms with Crippen LogP contribution in [0, 0.1) is 20.8 Å². The molecule has 1 N–H and O–H groups in total. The van der Waals surface area contributed by atoms with Crippen LogP contribution in [-0.4, -0.2) is 37.0 Å². The monoisotopic (exact) mass is 498 g/mol. The van der Waals surface area contributed by atoms with E-state index in [1.807, 2.05) is 69.3 Å². The second-order valence-corrected chi connectivity index (χ2v) is 9.43. The smallest absolute Gasteiger partial charge is 0.300 e. The van der Waals surface area contributed by atoms with Crippen molar-refractivity contribution in [1.82, 2.24) is 0 Å². The Morgan fingerprint density at radius 3 is 2.16 bits per heavy atom. The number of amides is 1. The summed E-state index contributed by atoms with van der Waals surface area (Å²) in [5.41, 5.74) is 5.60. The maximum atomic E-state index is 13.6. The zero-order valence-electron chi connectivity index (χ0n) is 22.3. The molecule has 0 radical (unpaired) electrons. The molecule has 0 aliphatic carbocycles. The number of Topliss-reactive ketones (excluding diaryl/α,β-unsaturated/α-hetero) is 1. The summed E-state index contributed by atoms with van der Waals surface area (Å²) in [6.45, 7) is 11.7. The fourth-order valence-corrected chi connectivity index (χ4v) is 4.98. The highest BCUT2D eigenvalue weighted by atomic mass is 16.5. The van der Waals surface area contributed by atoms with Gasteiger partial charge in [-0.2, -0.15) is 0 Å². The van der Waals surface area contributed by atoms with Gasteiger partial charge in [0.25, 0.3) is 11.7 Å². The minimum atomic E-state index is -0.795. The minimum Gasteiger partial charge on any atom is -0.507 e. The maximum absolute atomic E-state index is 13.6. The first-order chi connectivity index (χ1) is 17.7. The average Bonchev–Trinajstić information content (AvgIpc) is 3.16. The number of rotatable bonds is 7. The number of aliphatic hydroxyl groups is 1. The Morgan fingerprint density at radius 2 is 1.54 bits per heavy atom. The summed E-state index contributed by atoms with van der Waals surface area (Å²) in [6, 6.07) is 18.3. The molecule has 3 aromatic rings. The molecule has 4 rings (SSSR count). The van der Waals surface area contributed by atoms with E-state index in [0.29, 0.717) is 17.0 Å². The lowest BCUT2D eigenvalue weighted by Gasteiger charge is -2.28. The maximum Gasteiger partial charge on any atom is 0.300 e. The number of hydrogen-bond acceptors (Lipinski definition) is 5. The summed E-state index contributed by atoms with van der Waals surface area (Å²) < 4.78 is 5.49. The third-order valence-electron chi connectivity index (χ3n) is 7.02. The van der Waals surface area contributed by atoms with Crippen LogP contribution < -0.4 is 14.5 Å². The summed E-state index contributed by atoms with van der Waals surface area (Å²) in [5.74, 6) is -1.21. The van der Waals surface area contributed by atoms with Gasteiger partial charge in [-0.15, -0.1) is 0 Å². The zero-order valence-corrected chi connectivity index (χ0v) is 22.3. The Balaban J connectivity index is 1.97. The molecule has 6 heteroatoms. The Morgan fingerprint density at radius 1 is 0.919 bits per heavy atom. The van der Waals surface area contributed by atoms with Crippen molar-refractivity contribution in [2.75, 3.05) is 30.0 Å². The summed E-state index contributed by atoms with van der Waals surface area (Å²) in [4.78, 5) is 30.9. The Kier molecular flexibility index (Phi) is 7.39. The van der Waals surface area contributed by atoms with E-state index in [4.69, 9.17) is 4.74 Å². The van der Waals surface area contributed by atoms with Crippen LogP contribution in [0.1, 0.15) is 47.7 Å². The Labute approximate surface area is 218 Å². The third-order valence-corrected chi connectivity index (χ3v) is 7.02. The molecule has 6 nitrogen and oxygen atoms in total. The van der Waals surface area contributed by atoms with Crippen LogP contribution in [-0.2, 0) is 9.59 Å². The van der Waals surface area contributed by atoms with Gasteiger partial charge in [0.15, 0.2) is 0 Å². The van der Waals surface area contributed by atoms with Gasteiger partial charge in [0, 0.05) is 24.5 Å². The van der Waals surface area contributed by atoms with E-state index < -0.39 is 17.7 Å². The van der Waals surface area contributed by atoms with Crippen molar-refractivity contribution in [1.29, 1.82) is 0 Å². The van der Waals surface area contributed by atoms with E-state index in [9.17, 15) is 14.7 Å². The van der Waals surface area contributed by atoms with Crippen LogP contribution in [0.4, 0.5) is 11.4 Å². The van der Waals surface area contributed by atoms with Gasteiger partial charge in [0.1, 0.15) is 11.5 Å². The van der Waals surface area contributed by atoms with Gasteiger partial charge in [-0.1, -0.05) is 35.9 Å². The fraction of sp³-hybridized carbons (Fsp3) is 0.290. The minimum absolute atomic E-state index is 0.0467. The normalized spacial score (nSPS) is 16.8. The lowest BCUT2D eigenvalue weighted by Crippen LogP contribution is -2.30. The number of carbonyl (C=O) groups excluding carboxylic acids is 2. The lowest BCUT2D eigenvalue weighted by molar-refractivity contribution is -0.132. The number of anilines is 2. The number of ketones is 1. The van der Waals surface area contributed by atoms with E-state index in [0.717, 1.165) is 41.0 Å². The number of methoxy groups -OCH3 is 1. The van der Waals surface area contributed by atoms with E-state index in [2.05, 4.69) is 18.7 Å². The number of benzene rings is 3.